The largest absolute Gasteiger partial charge is 0.303 e. The fourth-order valence-corrected chi connectivity index (χ4v) is 3.59. The highest BCUT2D eigenvalue weighted by molar-refractivity contribution is 7.89. The van der Waals surface area contributed by atoms with E-state index in [1.165, 1.54) is 19.3 Å². The molecule has 0 aliphatic carbocycles. The Morgan fingerprint density at radius 3 is 2.52 bits per heavy atom. The van der Waals surface area contributed by atoms with Gasteiger partial charge < -0.3 is 4.90 Å². The molecular weight excluding hydrogens is 298 g/mol. The molecule has 1 aliphatic heterocycles. The van der Waals surface area contributed by atoms with Crippen molar-refractivity contribution in [3.8, 4) is 0 Å². The molecule has 0 spiro atoms. The summed E-state index contributed by atoms with van der Waals surface area (Å²) < 4.78 is 52.5. The number of hydrogen-bond donors (Lipinski definition) is 1. The van der Waals surface area contributed by atoms with Gasteiger partial charge in [0.15, 0.2) is 0 Å². The van der Waals surface area contributed by atoms with E-state index in [2.05, 4.69) is 9.62 Å². The topological polar surface area (TPSA) is 49.4 Å². The van der Waals surface area contributed by atoms with Gasteiger partial charge in [-0.3, -0.25) is 0 Å². The van der Waals surface area contributed by atoms with Crippen LogP contribution in [0.15, 0.2) is 23.1 Å². The molecule has 0 bridgehead atoms. The first kappa shape index (κ1) is 16.3. The fraction of sp³-hybridized carbons (Fsp3) is 0.571. The lowest BCUT2D eigenvalue weighted by Crippen LogP contribution is -2.33. The van der Waals surface area contributed by atoms with Gasteiger partial charge in [0, 0.05) is 12.6 Å². The highest BCUT2D eigenvalue weighted by Gasteiger charge is 2.19. The average molecular weight is 318 g/mol. The molecule has 7 heteroatoms. The number of piperidine rings is 1. The lowest BCUT2D eigenvalue weighted by Gasteiger charge is -2.26. The molecule has 118 valence electrons. The van der Waals surface area contributed by atoms with Crippen LogP contribution in [0.4, 0.5) is 8.78 Å². The number of sulfonamides is 1. The molecule has 1 heterocycles. The lowest BCUT2D eigenvalue weighted by atomic mass is 10.1. The molecule has 2 rings (SSSR count). The lowest BCUT2D eigenvalue weighted by molar-refractivity contribution is 0.227. The van der Waals surface area contributed by atoms with E-state index >= 15 is 0 Å². The number of likely N-dealkylation sites (tertiary alicyclic amines) is 1. The Balaban J connectivity index is 1.83. The third-order valence-corrected chi connectivity index (χ3v) is 5.07. The third-order valence-electron chi connectivity index (χ3n) is 3.58. The maximum atomic E-state index is 13.5. The third kappa shape index (κ3) is 4.72. The molecular formula is C14H20F2N2O2S. The van der Waals surface area contributed by atoms with Crippen LogP contribution in [0.3, 0.4) is 0 Å². The van der Waals surface area contributed by atoms with E-state index in [4.69, 9.17) is 0 Å². The van der Waals surface area contributed by atoms with Gasteiger partial charge in [-0.15, -0.1) is 0 Å². The zero-order chi connectivity index (χ0) is 15.3. The second kappa shape index (κ2) is 7.29. The first-order valence-electron chi connectivity index (χ1n) is 7.16. The van der Waals surface area contributed by atoms with Crippen molar-refractivity contribution in [3.63, 3.8) is 0 Å². The van der Waals surface area contributed by atoms with Crippen LogP contribution in [0.1, 0.15) is 25.7 Å². The van der Waals surface area contributed by atoms with Gasteiger partial charge in [0.1, 0.15) is 16.5 Å². The van der Waals surface area contributed by atoms with E-state index in [1.807, 2.05) is 0 Å². The first-order chi connectivity index (χ1) is 9.99. The molecule has 0 radical (unpaired) electrons. The number of nitrogens with zero attached hydrogens (tertiary/aromatic N) is 1. The highest BCUT2D eigenvalue weighted by atomic mass is 32.2. The molecule has 1 aliphatic rings. The summed E-state index contributed by atoms with van der Waals surface area (Å²) in [6, 6.07) is 2.45. The Labute approximate surface area is 124 Å². The normalized spacial score (nSPS) is 17.0. The number of nitrogens with one attached hydrogen (secondary N) is 1. The Morgan fingerprint density at radius 1 is 1.14 bits per heavy atom. The maximum Gasteiger partial charge on any atom is 0.243 e. The van der Waals surface area contributed by atoms with Gasteiger partial charge in [-0.2, -0.15) is 0 Å². The maximum absolute atomic E-state index is 13.5. The van der Waals surface area contributed by atoms with E-state index in [0.29, 0.717) is 12.5 Å². The van der Waals surface area contributed by atoms with Crippen LogP contribution in [0, 0.1) is 11.6 Å². The van der Waals surface area contributed by atoms with Crippen LogP contribution in [-0.4, -0.2) is 39.5 Å². The van der Waals surface area contributed by atoms with Gasteiger partial charge in [0.2, 0.25) is 10.0 Å². The number of benzene rings is 1. The van der Waals surface area contributed by atoms with E-state index in [0.717, 1.165) is 31.8 Å². The molecule has 1 aromatic carbocycles. The van der Waals surface area contributed by atoms with Gasteiger partial charge >= 0.3 is 0 Å². The summed E-state index contributed by atoms with van der Waals surface area (Å²) in [5.41, 5.74) is 0. The van der Waals surface area contributed by atoms with Crippen LogP contribution in [0.25, 0.3) is 0 Å². The summed E-state index contributed by atoms with van der Waals surface area (Å²) in [4.78, 5) is 1.79. The van der Waals surface area contributed by atoms with Crippen molar-refractivity contribution in [2.45, 2.75) is 30.6 Å². The van der Waals surface area contributed by atoms with Crippen molar-refractivity contribution in [1.29, 1.82) is 0 Å². The molecule has 4 nitrogen and oxygen atoms in total. The van der Waals surface area contributed by atoms with Crippen LogP contribution >= 0.6 is 0 Å². The Kier molecular flexibility index (Phi) is 5.66. The van der Waals surface area contributed by atoms with E-state index in [-0.39, 0.29) is 6.54 Å². The SMILES string of the molecule is O=S(=O)(NCCCN1CCCCC1)c1ccc(F)cc1F. The first-order valence-corrected chi connectivity index (χ1v) is 8.64. The Hall–Kier alpha value is -1.05. The zero-order valence-electron chi connectivity index (χ0n) is 11.8. The van der Waals surface area contributed by atoms with Crippen molar-refractivity contribution in [2.75, 3.05) is 26.2 Å². The molecule has 1 N–H and O–H groups in total. The highest BCUT2D eigenvalue weighted by Crippen LogP contribution is 2.15. The zero-order valence-corrected chi connectivity index (χ0v) is 12.6. The van der Waals surface area contributed by atoms with Crippen LogP contribution in [-0.2, 0) is 10.0 Å². The summed E-state index contributed by atoms with van der Waals surface area (Å²) in [5, 5.41) is 0. The molecule has 1 aromatic rings. The van der Waals surface area contributed by atoms with Gasteiger partial charge in [0.05, 0.1) is 0 Å². The summed E-state index contributed by atoms with van der Waals surface area (Å²) in [5.74, 6) is -1.87. The predicted octanol–water partition coefficient (Wildman–Crippen LogP) is 2.12. The van der Waals surface area contributed by atoms with E-state index in [9.17, 15) is 17.2 Å². The number of halogens is 2. The summed E-state index contributed by atoms with van der Waals surface area (Å²) in [6.07, 6.45) is 4.30. The summed E-state index contributed by atoms with van der Waals surface area (Å²) in [6.45, 7) is 3.18. The monoisotopic (exact) mass is 318 g/mol. The molecule has 0 atom stereocenters. The van der Waals surface area contributed by atoms with Crippen molar-refractivity contribution in [3.05, 3.63) is 29.8 Å². The quantitative estimate of drug-likeness (QED) is 0.818. The summed E-state index contributed by atoms with van der Waals surface area (Å²) >= 11 is 0. The molecule has 0 saturated carbocycles. The molecule has 1 fully saturated rings. The van der Waals surface area contributed by atoms with E-state index in [1.54, 1.807) is 0 Å². The summed E-state index contributed by atoms with van der Waals surface area (Å²) in [7, 11) is -3.92. The van der Waals surface area contributed by atoms with Crippen molar-refractivity contribution in [1.82, 2.24) is 9.62 Å². The number of hydrogen-bond acceptors (Lipinski definition) is 3. The van der Waals surface area contributed by atoms with Gasteiger partial charge in [0.25, 0.3) is 0 Å². The van der Waals surface area contributed by atoms with Crippen molar-refractivity contribution in [2.24, 2.45) is 0 Å². The predicted molar refractivity (Wildman–Crippen MR) is 76.5 cm³/mol. The molecule has 0 unspecified atom stereocenters. The standard InChI is InChI=1S/C14H20F2N2O2S/c15-12-5-6-14(13(16)11-12)21(19,20)17-7-4-10-18-8-2-1-3-9-18/h5-6,11,17H,1-4,7-10H2. The number of rotatable bonds is 6. The molecule has 0 amide bonds. The fourth-order valence-electron chi connectivity index (χ4n) is 2.46. The average Bonchev–Trinajstić information content (AvgIpc) is 2.44. The van der Waals surface area contributed by atoms with Crippen LogP contribution < -0.4 is 4.72 Å². The minimum absolute atomic E-state index is 0.246. The Bertz CT molecular complexity index is 572. The molecule has 21 heavy (non-hydrogen) atoms. The smallest absolute Gasteiger partial charge is 0.243 e. The molecule has 1 saturated heterocycles. The van der Waals surface area contributed by atoms with Gasteiger partial charge in [-0.05, 0) is 51.0 Å². The second-order valence-electron chi connectivity index (χ2n) is 5.23. The Morgan fingerprint density at radius 2 is 1.86 bits per heavy atom. The van der Waals surface area contributed by atoms with Crippen LogP contribution in [0.2, 0.25) is 0 Å². The minimum Gasteiger partial charge on any atom is -0.303 e. The minimum atomic E-state index is -3.92. The van der Waals surface area contributed by atoms with Crippen LogP contribution in [0.5, 0.6) is 0 Å². The van der Waals surface area contributed by atoms with Gasteiger partial charge in [-0.1, -0.05) is 6.42 Å². The molecule has 0 aromatic heterocycles. The van der Waals surface area contributed by atoms with Gasteiger partial charge in [-0.25, -0.2) is 21.9 Å². The second-order valence-corrected chi connectivity index (χ2v) is 6.96. The van der Waals surface area contributed by atoms with Crippen molar-refractivity contribution >= 4 is 10.0 Å². The van der Waals surface area contributed by atoms with Crippen molar-refractivity contribution < 1.29 is 17.2 Å². The van der Waals surface area contributed by atoms with E-state index < -0.39 is 26.6 Å².